The van der Waals surface area contributed by atoms with Crippen LogP contribution in [0.4, 0.5) is 0 Å². The average molecular weight is 673 g/mol. The third kappa shape index (κ3) is 7.52. The Labute approximate surface area is 299 Å². The van der Waals surface area contributed by atoms with Crippen LogP contribution in [0.25, 0.3) is 0 Å². The van der Waals surface area contributed by atoms with Gasteiger partial charge in [-0.1, -0.05) is 90.5 Å². The van der Waals surface area contributed by atoms with Crippen LogP contribution in [0.2, 0.25) is 0 Å². The molecule has 1 atom stereocenters. The van der Waals surface area contributed by atoms with Crippen LogP contribution in [-0.4, -0.2) is 88.8 Å². The highest BCUT2D eigenvalue weighted by atomic mass is 16.7. The van der Waals surface area contributed by atoms with E-state index in [-0.39, 0.29) is 16.4 Å². The molecule has 0 saturated carbocycles. The predicted molar refractivity (Wildman–Crippen MR) is 206 cm³/mol. The zero-order chi connectivity index (χ0) is 35.9. The number of nitrogens with zero attached hydrogens (tertiary/aromatic N) is 4. The van der Waals surface area contributed by atoms with E-state index in [0.717, 1.165) is 49.8 Å². The van der Waals surface area contributed by atoms with Gasteiger partial charge in [-0.3, -0.25) is 0 Å². The lowest BCUT2D eigenvalue weighted by Crippen LogP contribution is -2.61. The second-order valence-electron chi connectivity index (χ2n) is 17.6. The highest BCUT2D eigenvalue weighted by Gasteiger charge is 2.75. The number of aryl methyl sites for hydroxylation is 1. The molecule has 1 unspecified atom stereocenters. The Balaban J connectivity index is 1.54. The van der Waals surface area contributed by atoms with E-state index >= 15 is 0 Å². The normalized spacial score (nSPS) is 19.6. The van der Waals surface area contributed by atoms with Crippen LogP contribution >= 0.6 is 0 Å². The van der Waals surface area contributed by atoms with Gasteiger partial charge in [0.15, 0.2) is 23.9 Å². The minimum absolute atomic E-state index is 0.0298. The smallest absolute Gasteiger partial charge is 0.340 e. The first-order valence-corrected chi connectivity index (χ1v) is 19.4. The summed E-state index contributed by atoms with van der Waals surface area (Å²) in [4.78, 5) is 5.11. The third-order valence-electron chi connectivity index (χ3n) is 11.3. The van der Waals surface area contributed by atoms with Gasteiger partial charge in [-0.25, -0.2) is 0 Å². The molecule has 0 aliphatic carbocycles. The minimum Gasteiger partial charge on any atom is -0.340 e. The Morgan fingerprint density at radius 1 is 0.735 bits per heavy atom. The summed E-state index contributed by atoms with van der Waals surface area (Å²) in [5.41, 5.74) is 7.23. The first-order chi connectivity index (χ1) is 23.0. The van der Waals surface area contributed by atoms with Gasteiger partial charge in [0.1, 0.15) is 0 Å². The summed E-state index contributed by atoms with van der Waals surface area (Å²) in [7, 11) is 0. The number of ether oxygens (including phenoxy) is 2. The van der Waals surface area contributed by atoms with Crippen LogP contribution < -0.4 is 9.47 Å². The van der Waals surface area contributed by atoms with E-state index in [4.69, 9.17) is 9.47 Å². The first kappa shape index (κ1) is 37.6. The molecular weight excluding hydrogens is 604 g/mol. The molecule has 1 spiro atoms. The molecule has 5 rings (SSSR count). The highest BCUT2D eigenvalue weighted by Crippen LogP contribution is 2.47. The lowest BCUT2D eigenvalue weighted by molar-refractivity contribution is -0.867. The van der Waals surface area contributed by atoms with Crippen molar-refractivity contribution < 1.29 is 18.6 Å². The van der Waals surface area contributed by atoms with Crippen molar-refractivity contribution in [3.63, 3.8) is 0 Å². The largest absolute Gasteiger partial charge is 0.704 e. The topological polar surface area (TPSA) is 31.0 Å². The van der Waals surface area contributed by atoms with Crippen molar-refractivity contribution in [2.24, 2.45) is 0 Å². The Morgan fingerprint density at radius 3 is 1.82 bits per heavy atom. The van der Waals surface area contributed by atoms with Gasteiger partial charge < -0.3 is 19.3 Å². The lowest BCUT2D eigenvalue weighted by atomic mass is 9.79. The predicted octanol–water partition coefficient (Wildman–Crippen LogP) is 8.67. The van der Waals surface area contributed by atoms with Gasteiger partial charge in [-0.2, -0.15) is 0 Å². The van der Waals surface area contributed by atoms with Crippen LogP contribution in [0.5, 0.6) is 11.5 Å². The summed E-state index contributed by atoms with van der Waals surface area (Å²) >= 11 is 0. The van der Waals surface area contributed by atoms with Crippen molar-refractivity contribution in [3.8, 4) is 11.5 Å². The number of fused-ring (bicyclic) bond motifs is 2. The molecule has 0 amide bonds. The van der Waals surface area contributed by atoms with E-state index in [1.807, 2.05) is 0 Å². The Hall–Kier alpha value is -2.70. The first-order valence-electron chi connectivity index (χ1n) is 19.4. The maximum atomic E-state index is 7.25. The molecule has 3 aliphatic heterocycles. The summed E-state index contributed by atoms with van der Waals surface area (Å²) in [6, 6.07) is 8.48. The zero-order valence-electron chi connectivity index (χ0n) is 33.4. The SMILES string of the molecule is CCN(CC)CCCC(CCCN(CC)CC)c1cc(C)c2c(c1)C=[N+]1CC(C)(C)[N+]3=Cc4cc(C(C)(C)C)cc(C(C)(C)C)c4OC13O2. The van der Waals surface area contributed by atoms with E-state index in [9.17, 15) is 0 Å². The summed E-state index contributed by atoms with van der Waals surface area (Å²) in [6.07, 6.45) is 9.52. The molecule has 0 N–H and O–H groups in total. The maximum Gasteiger partial charge on any atom is 0.704 e. The maximum absolute atomic E-state index is 7.25. The molecule has 2 aromatic carbocycles. The third-order valence-corrected chi connectivity index (χ3v) is 11.3. The minimum atomic E-state index is -1.06. The summed E-state index contributed by atoms with van der Waals surface area (Å²) < 4.78 is 19.1. The van der Waals surface area contributed by atoms with Crippen LogP contribution in [0.1, 0.15) is 148 Å². The monoisotopic (exact) mass is 673 g/mol. The van der Waals surface area contributed by atoms with Gasteiger partial charge >= 0.3 is 6.03 Å². The summed E-state index contributed by atoms with van der Waals surface area (Å²) in [6.45, 7) is 37.3. The Bertz CT molecular complexity index is 1550. The molecule has 3 heterocycles. The van der Waals surface area contributed by atoms with Crippen molar-refractivity contribution in [3.05, 3.63) is 57.6 Å². The number of hydrogen-bond donors (Lipinski definition) is 0. The van der Waals surface area contributed by atoms with Gasteiger partial charge in [0.05, 0.1) is 11.1 Å². The van der Waals surface area contributed by atoms with Gasteiger partial charge in [-0.05, 0) is 117 Å². The Kier molecular flexibility index (Phi) is 10.8. The molecule has 3 aliphatic rings. The molecular formula is C43H68N4O2+2. The Morgan fingerprint density at radius 2 is 1.29 bits per heavy atom. The number of hydrogen-bond acceptors (Lipinski definition) is 4. The zero-order valence-corrected chi connectivity index (χ0v) is 33.4. The fourth-order valence-corrected chi connectivity index (χ4v) is 8.14. The van der Waals surface area contributed by atoms with Crippen molar-refractivity contribution in [2.45, 2.75) is 144 Å². The second-order valence-corrected chi connectivity index (χ2v) is 17.6. The molecule has 2 aromatic rings. The van der Waals surface area contributed by atoms with Gasteiger partial charge in [0, 0.05) is 19.4 Å². The number of benzene rings is 2. The van der Waals surface area contributed by atoms with Gasteiger partial charge in [0.2, 0.25) is 12.1 Å². The standard InChI is InChI=1S/C43H68N4O2/c1-14-44(15-2)22-18-20-32(21-19-23-45(16-3)17-4)33-24-31(5)38-34(25-33)28-46-30-42(12,13)47-29-35-26-36(40(6,7)8)27-37(41(9,10)11)39(35)49-43(46,47)48-38/h24-29,32H,14-23,30H2,1-13H3/q+2. The molecule has 270 valence electrons. The molecule has 0 aromatic heterocycles. The summed E-state index contributed by atoms with van der Waals surface area (Å²) in [5.74, 6) is 2.41. The van der Waals surface area contributed by atoms with Crippen LogP contribution in [0.3, 0.4) is 0 Å². The van der Waals surface area contributed by atoms with Crippen molar-refractivity contribution >= 4 is 12.4 Å². The average Bonchev–Trinajstić information content (AvgIpc) is 3.25. The van der Waals surface area contributed by atoms with Crippen LogP contribution in [0.15, 0.2) is 24.3 Å². The van der Waals surface area contributed by atoms with Gasteiger partial charge in [-0.15, -0.1) is 0 Å². The van der Waals surface area contributed by atoms with Crippen LogP contribution in [0, 0.1) is 6.92 Å². The highest BCUT2D eigenvalue weighted by molar-refractivity contribution is 5.85. The lowest BCUT2D eigenvalue weighted by Gasteiger charge is -2.33. The van der Waals surface area contributed by atoms with E-state index < -0.39 is 6.03 Å². The quantitative estimate of drug-likeness (QED) is 0.199. The van der Waals surface area contributed by atoms with Crippen molar-refractivity contribution in [1.29, 1.82) is 0 Å². The molecule has 6 heteroatoms. The van der Waals surface area contributed by atoms with Gasteiger partial charge in [0.25, 0.3) is 0 Å². The van der Waals surface area contributed by atoms with E-state index in [2.05, 4.69) is 146 Å². The molecule has 6 nitrogen and oxygen atoms in total. The van der Waals surface area contributed by atoms with Crippen molar-refractivity contribution in [2.75, 3.05) is 45.8 Å². The van der Waals surface area contributed by atoms with E-state index in [0.29, 0.717) is 5.92 Å². The summed E-state index contributed by atoms with van der Waals surface area (Å²) in [5, 5.41) is 0. The van der Waals surface area contributed by atoms with E-state index in [1.54, 1.807) is 0 Å². The molecule has 0 radical (unpaired) electrons. The molecule has 0 bridgehead atoms. The second kappa shape index (κ2) is 14.1. The van der Waals surface area contributed by atoms with Crippen LogP contribution in [-0.2, 0) is 10.8 Å². The molecule has 49 heavy (non-hydrogen) atoms. The fourth-order valence-electron chi connectivity index (χ4n) is 8.14. The van der Waals surface area contributed by atoms with E-state index in [1.165, 1.54) is 66.6 Å². The molecule has 1 saturated heterocycles. The van der Waals surface area contributed by atoms with Crippen molar-refractivity contribution in [1.82, 2.24) is 9.80 Å². The molecule has 1 fully saturated rings. The fraction of sp³-hybridized carbons (Fsp3) is 0.674. The number of rotatable bonds is 13.